The standard InChI is InChI=1S/C13H17NS/c1-3-4-5-9-15-13-8-6-7-12(10-13)11(2)14/h1,6-8,10-11H,4-5,9,14H2,2H3. The molecule has 2 heteroatoms. The van der Waals surface area contributed by atoms with E-state index in [9.17, 15) is 0 Å². The SMILES string of the molecule is C#CCCCSc1cccc(C(C)N)c1. The highest BCUT2D eigenvalue weighted by atomic mass is 32.2. The van der Waals surface area contributed by atoms with Gasteiger partial charge < -0.3 is 5.73 Å². The maximum Gasteiger partial charge on any atom is 0.0266 e. The van der Waals surface area contributed by atoms with Crippen molar-refractivity contribution in [3.63, 3.8) is 0 Å². The zero-order valence-electron chi connectivity index (χ0n) is 9.07. The van der Waals surface area contributed by atoms with Crippen LogP contribution in [0.15, 0.2) is 29.2 Å². The number of thioether (sulfide) groups is 1. The van der Waals surface area contributed by atoms with Crippen LogP contribution >= 0.6 is 11.8 Å². The number of rotatable bonds is 5. The van der Waals surface area contributed by atoms with E-state index in [4.69, 9.17) is 12.2 Å². The lowest BCUT2D eigenvalue weighted by Gasteiger charge is -2.07. The molecule has 80 valence electrons. The Labute approximate surface area is 96.4 Å². The van der Waals surface area contributed by atoms with Gasteiger partial charge in [-0.25, -0.2) is 0 Å². The van der Waals surface area contributed by atoms with Crippen molar-refractivity contribution < 1.29 is 0 Å². The highest BCUT2D eigenvalue weighted by Crippen LogP contribution is 2.22. The van der Waals surface area contributed by atoms with Gasteiger partial charge in [-0.05, 0) is 36.8 Å². The third kappa shape index (κ3) is 4.42. The van der Waals surface area contributed by atoms with E-state index in [0.29, 0.717) is 0 Å². The third-order valence-corrected chi connectivity index (χ3v) is 3.20. The average Bonchev–Trinajstić information content (AvgIpc) is 2.25. The number of terminal acetylenes is 1. The van der Waals surface area contributed by atoms with Crippen LogP contribution < -0.4 is 5.73 Å². The Morgan fingerprint density at radius 1 is 1.53 bits per heavy atom. The molecule has 0 bridgehead atoms. The van der Waals surface area contributed by atoms with Crippen LogP contribution in [0.1, 0.15) is 31.4 Å². The Kier molecular flexibility index (Phi) is 5.31. The van der Waals surface area contributed by atoms with Gasteiger partial charge in [0.1, 0.15) is 0 Å². The smallest absolute Gasteiger partial charge is 0.0266 e. The molecule has 0 aliphatic rings. The lowest BCUT2D eigenvalue weighted by atomic mass is 10.1. The molecule has 1 aromatic carbocycles. The predicted octanol–water partition coefficient (Wildman–Crippen LogP) is 3.21. The van der Waals surface area contributed by atoms with Gasteiger partial charge in [0.05, 0.1) is 0 Å². The van der Waals surface area contributed by atoms with Crippen LogP contribution in [-0.4, -0.2) is 5.75 Å². The third-order valence-electron chi connectivity index (χ3n) is 2.12. The summed E-state index contributed by atoms with van der Waals surface area (Å²) in [5.41, 5.74) is 7.01. The molecule has 0 saturated heterocycles. The number of nitrogens with two attached hydrogens (primary N) is 1. The Bertz CT molecular complexity index is 339. The molecule has 0 spiro atoms. The summed E-state index contributed by atoms with van der Waals surface area (Å²) >= 11 is 1.84. The maximum atomic E-state index is 5.82. The minimum absolute atomic E-state index is 0.108. The van der Waals surface area contributed by atoms with Crippen molar-refractivity contribution in [3.05, 3.63) is 29.8 Å². The van der Waals surface area contributed by atoms with Crippen molar-refractivity contribution in [2.45, 2.75) is 30.7 Å². The molecule has 1 atom stereocenters. The molecule has 0 radical (unpaired) electrons. The van der Waals surface area contributed by atoms with Crippen LogP contribution in [0.4, 0.5) is 0 Å². The summed E-state index contributed by atoms with van der Waals surface area (Å²) < 4.78 is 0. The average molecular weight is 219 g/mol. The molecule has 1 aromatic rings. The fraction of sp³-hybridized carbons (Fsp3) is 0.385. The van der Waals surface area contributed by atoms with E-state index in [1.54, 1.807) is 0 Å². The maximum absolute atomic E-state index is 5.82. The highest BCUT2D eigenvalue weighted by Gasteiger charge is 2.00. The highest BCUT2D eigenvalue weighted by molar-refractivity contribution is 7.99. The van der Waals surface area contributed by atoms with E-state index in [0.717, 1.165) is 18.6 Å². The van der Waals surface area contributed by atoms with E-state index in [1.165, 1.54) is 10.5 Å². The largest absolute Gasteiger partial charge is 0.324 e. The van der Waals surface area contributed by atoms with Gasteiger partial charge in [0.2, 0.25) is 0 Å². The summed E-state index contributed by atoms with van der Waals surface area (Å²) in [7, 11) is 0. The van der Waals surface area contributed by atoms with Crippen molar-refractivity contribution in [1.82, 2.24) is 0 Å². The number of hydrogen-bond donors (Lipinski definition) is 1. The molecule has 0 aromatic heterocycles. The van der Waals surface area contributed by atoms with Crippen LogP contribution in [-0.2, 0) is 0 Å². The van der Waals surface area contributed by atoms with Gasteiger partial charge in [-0.1, -0.05) is 12.1 Å². The van der Waals surface area contributed by atoms with Crippen molar-refractivity contribution in [1.29, 1.82) is 0 Å². The van der Waals surface area contributed by atoms with Crippen molar-refractivity contribution >= 4 is 11.8 Å². The summed E-state index contributed by atoms with van der Waals surface area (Å²) in [4.78, 5) is 1.28. The summed E-state index contributed by atoms with van der Waals surface area (Å²) in [5, 5.41) is 0. The first-order valence-electron chi connectivity index (χ1n) is 5.16. The first-order chi connectivity index (χ1) is 7.24. The van der Waals surface area contributed by atoms with Gasteiger partial charge >= 0.3 is 0 Å². The second-order valence-electron chi connectivity index (χ2n) is 3.52. The summed E-state index contributed by atoms with van der Waals surface area (Å²) in [6.45, 7) is 2.00. The number of unbranched alkanes of at least 4 members (excludes halogenated alkanes) is 1. The molecule has 1 nitrogen and oxygen atoms in total. The van der Waals surface area contributed by atoms with Crippen LogP contribution in [0.3, 0.4) is 0 Å². The monoisotopic (exact) mass is 219 g/mol. The van der Waals surface area contributed by atoms with Crippen molar-refractivity contribution in [3.8, 4) is 12.3 Å². The Morgan fingerprint density at radius 2 is 2.33 bits per heavy atom. The van der Waals surface area contributed by atoms with E-state index in [2.05, 4.69) is 30.2 Å². The van der Waals surface area contributed by atoms with Gasteiger partial charge in [-0.15, -0.1) is 24.1 Å². The van der Waals surface area contributed by atoms with Crippen LogP contribution in [0.25, 0.3) is 0 Å². The predicted molar refractivity (Wildman–Crippen MR) is 67.8 cm³/mol. The van der Waals surface area contributed by atoms with Crippen molar-refractivity contribution in [2.75, 3.05) is 5.75 Å². The molecule has 0 aliphatic carbocycles. The molecule has 1 unspecified atom stereocenters. The second kappa shape index (κ2) is 6.55. The molecule has 0 saturated carbocycles. The second-order valence-corrected chi connectivity index (χ2v) is 4.69. The van der Waals surface area contributed by atoms with Gasteiger partial charge in [0, 0.05) is 17.4 Å². The van der Waals surface area contributed by atoms with E-state index >= 15 is 0 Å². The molecular formula is C13H17NS. The molecular weight excluding hydrogens is 202 g/mol. The molecule has 0 heterocycles. The van der Waals surface area contributed by atoms with Crippen molar-refractivity contribution in [2.24, 2.45) is 5.73 Å². The normalized spacial score (nSPS) is 12.1. The van der Waals surface area contributed by atoms with Crippen LogP contribution in [0, 0.1) is 12.3 Å². The van der Waals surface area contributed by atoms with Gasteiger partial charge in [0.25, 0.3) is 0 Å². The van der Waals surface area contributed by atoms with E-state index in [1.807, 2.05) is 18.7 Å². The quantitative estimate of drug-likeness (QED) is 0.467. The Balaban J connectivity index is 2.48. The first kappa shape index (κ1) is 12.2. The topological polar surface area (TPSA) is 26.0 Å². The Hall–Kier alpha value is -0.910. The molecule has 2 N–H and O–H groups in total. The molecule has 0 aliphatic heterocycles. The minimum Gasteiger partial charge on any atom is -0.324 e. The summed E-state index contributed by atoms with van der Waals surface area (Å²) in [5.74, 6) is 3.73. The van der Waals surface area contributed by atoms with Gasteiger partial charge in [0.15, 0.2) is 0 Å². The van der Waals surface area contributed by atoms with E-state index < -0.39 is 0 Å². The lowest BCUT2D eigenvalue weighted by Crippen LogP contribution is -2.04. The lowest BCUT2D eigenvalue weighted by molar-refractivity contribution is 0.815. The van der Waals surface area contributed by atoms with E-state index in [-0.39, 0.29) is 6.04 Å². The Morgan fingerprint density at radius 3 is 3.00 bits per heavy atom. The number of benzene rings is 1. The molecule has 0 fully saturated rings. The zero-order chi connectivity index (χ0) is 11.1. The summed E-state index contributed by atoms with van der Waals surface area (Å²) in [6.07, 6.45) is 7.13. The number of hydrogen-bond acceptors (Lipinski definition) is 2. The molecule has 0 amide bonds. The van der Waals surface area contributed by atoms with Gasteiger partial charge in [-0.2, -0.15) is 0 Å². The molecule has 15 heavy (non-hydrogen) atoms. The zero-order valence-corrected chi connectivity index (χ0v) is 9.89. The summed E-state index contributed by atoms with van der Waals surface area (Å²) in [6, 6.07) is 8.51. The fourth-order valence-corrected chi connectivity index (χ4v) is 2.17. The fourth-order valence-electron chi connectivity index (χ4n) is 1.25. The first-order valence-corrected chi connectivity index (χ1v) is 6.14. The van der Waals surface area contributed by atoms with Crippen LogP contribution in [0.5, 0.6) is 0 Å². The molecule has 1 rings (SSSR count). The minimum atomic E-state index is 0.108. The van der Waals surface area contributed by atoms with Gasteiger partial charge in [-0.3, -0.25) is 0 Å². The van der Waals surface area contributed by atoms with Crippen LogP contribution in [0.2, 0.25) is 0 Å².